The Morgan fingerprint density at radius 2 is 2.06 bits per heavy atom. The number of aliphatic hydroxyl groups is 2. The first-order valence-electron chi connectivity index (χ1n) is 5.36. The van der Waals surface area contributed by atoms with Crippen LogP contribution in [0.4, 0.5) is 0 Å². The zero-order valence-corrected chi connectivity index (χ0v) is 9.49. The highest BCUT2D eigenvalue weighted by molar-refractivity contribution is 5.91. The molecule has 0 unspecified atom stereocenters. The van der Waals surface area contributed by atoms with Crippen molar-refractivity contribution in [1.29, 1.82) is 0 Å². The van der Waals surface area contributed by atoms with Crippen molar-refractivity contribution in [2.45, 2.75) is 0 Å². The summed E-state index contributed by atoms with van der Waals surface area (Å²) in [6, 6.07) is 3.61. The minimum Gasteiger partial charge on any atom is -0.395 e. The molecule has 1 aromatic heterocycles. The Kier molecular flexibility index (Phi) is 5.92. The van der Waals surface area contributed by atoms with Gasteiger partial charge in [-0.25, -0.2) is 0 Å². The first-order valence-corrected chi connectivity index (χ1v) is 5.36. The van der Waals surface area contributed by atoms with E-state index in [1.54, 1.807) is 24.5 Å². The molecule has 0 aliphatic carbocycles. The molecular weight excluding hydrogens is 220 g/mol. The van der Waals surface area contributed by atoms with Crippen LogP contribution in [0.5, 0.6) is 0 Å². The number of pyridine rings is 1. The lowest BCUT2D eigenvalue weighted by molar-refractivity contribution is -0.126. The van der Waals surface area contributed by atoms with Gasteiger partial charge in [-0.05, 0) is 17.7 Å². The number of nitrogens with zero attached hydrogens (tertiary/aromatic N) is 2. The van der Waals surface area contributed by atoms with Crippen molar-refractivity contribution < 1.29 is 15.0 Å². The summed E-state index contributed by atoms with van der Waals surface area (Å²) < 4.78 is 0. The summed E-state index contributed by atoms with van der Waals surface area (Å²) in [5.41, 5.74) is 0.828. The van der Waals surface area contributed by atoms with E-state index < -0.39 is 0 Å². The first-order chi connectivity index (χ1) is 8.27. The second-order valence-corrected chi connectivity index (χ2v) is 3.39. The largest absolute Gasteiger partial charge is 0.395 e. The molecule has 0 radical (unpaired) electrons. The van der Waals surface area contributed by atoms with Crippen LogP contribution >= 0.6 is 0 Å². The quantitative estimate of drug-likeness (QED) is 0.677. The fourth-order valence-corrected chi connectivity index (χ4v) is 1.32. The lowest BCUT2D eigenvalue weighted by atomic mass is 10.2. The number of hydrogen-bond acceptors (Lipinski definition) is 4. The molecule has 0 saturated carbocycles. The molecule has 17 heavy (non-hydrogen) atoms. The van der Waals surface area contributed by atoms with Gasteiger partial charge in [-0.1, -0.05) is 6.07 Å². The summed E-state index contributed by atoms with van der Waals surface area (Å²) in [6.07, 6.45) is 6.36. The summed E-state index contributed by atoms with van der Waals surface area (Å²) >= 11 is 0. The van der Waals surface area contributed by atoms with Crippen LogP contribution in [0, 0.1) is 0 Å². The molecule has 5 heteroatoms. The Bertz CT molecular complexity index is 359. The van der Waals surface area contributed by atoms with E-state index >= 15 is 0 Å². The van der Waals surface area contributed by atoms with Crippen LogP contribution in [0.15, 0.2) is 30.6 Å². The van der Waals surface area contributed by atoms with Gasteiger partial charge in [0.1, 0.15) is 0 Å². The summed E-state index contributed by atoms with van der Waals surface area (Å²) in [5, 5.41) is 17.6. The van der Waals surface area contributed by atoms with E-state index in [-0.39, 0.29) is 32.2 Å². The Morgan fingerprint density at radius 3 is 2.59 bits per heavy atom. The van der Waals surface area contributed by atoms with Crippen molar-refractivity contribution in [3.05, 3.63) is 36.2 Å². The van der Waals surface area contributed by atoms with Crippen LogP contribution < -0.4 is 0 Å². The standard InChI is InChI=1S/C12H16N2O3/c15-8-6-14(7-9-16)12(17)4-3-11-2-1-5-13-10-11/h1-5,10,15-16H,6-9H2. The third kappa shape index (κ3) is 4.76. The van der Waals surface area contributed by atoms with Crippen molar-refractivity contribution >= 4 is 12.0 Å². The van der Waals surface area contributed by atoms with E-state index in [2.05, 4.69) is 4.98 Å². The van der Waals surface area contributed by atoms with Gasteiger partial charge in [-0.2, -0.15) is 0 Å². The zero-order chi connectivity index (χ0) is 12.5. The molecule has 0 aliphatic heterocycles. The molecular formula is C12H16N2O3. The third-order valence-corrected chi connectivity index (χ3v) is 2.15. The number of rotatable bonds is 6. The van der Waals surface area contributed by atoms with Gasteiger partial charge in [0, 0.05) is 31.6 Å². The summed E-state index contributed by atoms with van der Waals surface area (Å²) in [4.78, 5) is 17.0. The zero-order valence-electron chi connectivity index (χ0n) is 9.49. The van der Waals surface area contributed by atoms with E-state index in [9.17, 15) is 4.79 Å². The van der Waals surface area contributed by atoms with Crippen LogP contribution in [-0.4, -0.2) is 52.3 Å². The van der Waals surface area contributed by atoms with Gasteiger partial charge >= 0.3 is 0 Å². The average molecular weight is 236 g/mol. The van der Waals surface area contributed by atoms with E-state index in [0.29, 0.717) is 0 Å². The van der Waals surface area contributed by atoms with E-state index in [4.69, 9.17) is 10.2 Å². The number of hydrogen-bond donors (Lipinski definition) is 2. The Morgan fingerprint density at radius 1 is 1.35 bits per heavy atom. The molecule has 0 spiro atoms. The Labute approximate surface area is 100 Å². The lowest BCUT2D eigenvalue weighted by Crippen LogP contribution is -2.34. The first kappa shape index (κ1) is 13.3. The van der Waals surface area contributed by atoms with Gasteiger partial charge in [0.15, 0.2) is 0 Å². The SMILES string of the molecule is O=C(C=Cc1cccnc1)N(CCO)CCO. The van der Waals surface area contributed by atoms with E-state index in [1.807, 2.05) is 6.07 Å². The van der Waals surface area contributed by atoms with Gasteiger partial charge in [-0.15, -0.1) is 0 Å². The van der Waals surface area contributed by atoms with Crippen molar-refractivity contribution in [2.24, 2.45) is 0 Å². The van der Waals surface area contributed by atoms with Crippen LogP contribution in [0.3, 0.4) is 0 Å². The minimum absolute atomic E-state index is 0.119. The molecule has 1 heterocycles. The van der Waals surface area contributed by atoms with Crippen LogP contribution in [0.1, 0.15) is 5.56 Å². The fraction of sp³-hybridized carbons (Fsp3) is 0.333. The highest BCUT2D eigenvalue weighted by Gasteiger charge is 2.08. The molecule has 0 aliphatic rings. The maximum Gasteiger partial charge on any atom is 0.246 e. The Hall–Kier alpha value is -1.72. The number of aromatic nitrogens is 1. The summed E-state index contributed by atoms with van der Waals surface area (Å²) in [5.74, 6) is -0.239. The Balaban J connectivity index is 2.60. The van der Waals surface area contributed by atoms with Crippen molar-refractivity contribution in [3.63, 3.8) is 0 Å². The predicted octanol–water partition coefficient (Wildman–Crippen LogP) is -0.0920. The highest BCUT2D eigenvalue weighted by Crippen LogP contribution is 2.00. The molecule has 92 valence electrons. The van der Waals surface area contributed by atoms with E-state index in [0.717, 1.165) is 5.56 Å². The predicted molar refractivity (Wildman–Crippen MR) is 64.0 cm³/mol. The average Bonchev–Trinajstić information content (AvgIpc) is 2.37. The molecule has 2 N–H and O–H groups in total. The molecule has 0 aromatic carbocycles. The van der Waals surface area contributed by atoms with Crippen molar-refractivity contribution in [3.8, 4) is 0 Å². The second kappa shape index (κ2) is 7.54. The molecule has 5 nitrogen and oxygen atoms in total. The number of amides is 1. The van der Waals surface area contributed by atoms with Gasteiger partial charge in [-0.3, -0.25) is 9.78 Å². The molecule has 1 aromatic rings. The van der Waals surface area contributed by atoms with Gasteiger partial charge < -0.3 is 15.1 Å². The number of aliphatic hydroxyl groups excluding tert-OH is 2. The minimum atomic E-state index is -0.239. The topological polar surface area (TPSA) is 73.7 Å². The number of carbonyl (C=O) groups is 1. The molecule has 1 rings (SSSR count). The number of carbonyl (C=O) groups excluding carboxylic acids is 1. The van der Waals surface area contributed by atoms with Gasteiger partial charge in [0.2, 0.25) is 5.91 Å². The lowest BCUT2D eigenvalue weighted by Gasteiger charge is -2.18. The van der Waals surface area contributed by atoms with Crippen LogP contribution in [0.25, 0.3) is 6.08 Å². The van der Waals surface area contributed by atoms with Crippen LogP contribution in [-0.2, 0) is 4.79 Å². The summed E-state index contributed by atoms with van der Waals surface area (Å²) in [6.45, 7) is 0.201. The molecule has 1 amide bonds. The smallest absolute Gasteiger partial charge is 0.246 e. The third-order valence-electron chi connectivity index (χ3n) is 2.15. The normalized spacial score (nSPS) is 10.7. The molecule has 0 saturated heterocycles. The maximum atomic E-state index is 11.7. The maximum absolute atomic E-state index is 11.7. The fourth-order valence-electron chi connectivity index (χ4n) is 1.32. The monoisotopic (exact) mass is 236 g/mol. The highest BCUT2D eigenvalue weighted by atomic mass is 16.3. The van der Waals surface area contributed by atoms with Crippen molar-refractivity contribution in [1.82, 2.24) is 9.88 Å². The van der Waals surface area contributed by atoms with Crippen LogP contribution in [0.2, 0.25) is 0 Å². The second-order valence-electron chi connectivity index (χ2n) is 3.39. The molecule has 0 fully saturated rings. The van der Waals surface area contributed by atoms with Crippen molar-refractivity contribution in [2.75, 3.05) is 26.3 Å². The molecule has 0 atom stereocenters. The van der Waals surface area contributed by atoms with Gasteiger partial charge in [0.25, 0.3) is 0 Å². The molecule has 0 bridgehead atoms. The van der Waals surface area contributed by atoms with E-state index in [1.165, 1.54) is 11.0 Å². The van der Waals surface area contributed by atoms with Gasteiger partial charge in [0.05, 0.1) is 13.2 Å². The summed E-state index contributed by atoms with van der Waals surface area (Å²) in [7, 11) is 0.